The van der Waals surface area contributed by atoms with Crippen LogP contribution in [0.5, 0.6) is 0 Å². The summed E-state index contributed by atoms with van der Waals surface area (Å²) in [6.07, 6.45) is 5.16. The standard InChI is InChI=1S/C30H59NS/c1-16-31-22(3)17-21(2)23-24(26(6,7)18-28(31,10)11)27(8,9)20-30(14,15)32-29(12,13)19-25(23,4)5/h21-24H,16-20H2,1-15H3. The van der Waals surface area contributed by atoms with E-state index in [1.54, 1.807) is 0 Å². The van der Waals surface area contributed by atoms with E-state index in [9.17, 15) is 0 Å². The summed E-state index contributed by atoms with van der Waals surface area (Å²) in [6, 6.07) is 0.630. The molecule has 2 aliphatic heterocycles. The van der Waals surface area contributed by atoms with Crippen molar-refractivity contribution in [1.29, 1.82) is 0 Å². The molecule has 0 saturated carbocycles. The molecule has 32 heavy (non-hydrogen) atoms. The molecule has 0 aromatic heterocycles. The van der Waals surface area contributed by atoms with Crippen molar-refractivity contribution in [3.63, 3.8) is 0 Å². The van der Waals surface area contributed by atoms with Gasteiger partial charge in [0.05, 0.1) is 0 Å². The van der Waals surface area contributed by atoms with Crippen LogP contribution in [0.15, 0.2) is 0 Å². The lowest BCUT2D eigenvalue weighted by molar-refractivity contribution is -0.0761. The molecule has 2 aliphatic rings. The SMILES string of the molecule is CCN1C(C)CC(C)C2C(C(C)(C)CC(C)(C)SC(C)(C)CC2(C)C)C(C)(C)CC1(C)C. The summed E-state index contributed by atoms with van der Waals surface area (Å²) in [5.41, 5.74) is 1.09. The van der Waals surface area contributed by atoms with Gasteiger partial charge in [0, 0.05) is 21.1 Å². The van der Waals surface area contributed by atoms with Crippen LogP contribution in [0.2, 0.25) is 0 Å². The smallest absolute Gasteiger partial charge is 0.0161 e. The van der Waals surface area contributed by atoms with Crippen LogP contribution < -0.4 is 0 Å². The van der Waals surface area contributed by atoms with Gasteiger partial charge < -0.3 is 0 Å². The minimum absolute atomic E-state index is 0.217. The van der Waals surface area contributed by atoms with Crippen molar-refractivity contribution in [3.05, 3.63) is 0 Å². The first-order valence-electron chi connectivity index (χ1n) is 13.5. The Labute approximate surface area is 207 Å². The van der Waals surface area contributed by atoms with Crippen molar-refractivity contribution in [3.8, 4) is 0 Å². The van der Waals surface area contributed by atoms with Crippen LogP contribution in [-0.2, 0) is 0 Å². The third kappa shape index (κ3) is 5.92. The first-order chi connectivity index (χ1) is 14.1. The second-order valence-corrected chi connectivity index (χ2v) is 18.2. The van der Waals surface area contributed by atoms with Gasteiger partial charge in [0.1, 0.15) is 0 Å². The molecule has 2 saturated heterocycles. The Morgan fingerprint density at radius 2 is 1.12 bits per heavy atom. The molecule has 4 unspecified atom stereocenters. The molecule has 0 aromatic carbocycles. The van der Waals surface area contributed by atoms with Crippen LogP contribution in [-0.4, -0.2) is 32.5 Å². The van der Waals surface area contributed by atoms with E-state index in [2.05, 4.69) is 121 Å². The normalized spacial score (nSPS) is 38.7. The van der Waals surface area contributed by atoms with Gasteiger partial charge in [-0.25, -0.2) is 0 Å². The van der Waals surface area contributed by atoms with E-state index in [-0.39, 0.29) is 21.1 Å². The highest BCUT2D eigenvalue weighted by atomic mass is 32.2. The lowest BCUT2D eigenvalue weighted by atomic mass is 9.48. The van der Waals surface area contributed by atoms with E-state index in [1.165, 1.54) is 25.7 Å². The summed E-state index contributed by atoms with van der Waals surface area (Å²) in [6.45, 7) is 39.5. The Balaban J connectivity index is 2.80. The number of fused-ring (bicyclic) bond motifs is 1. The van der Waals surface area contributed by atoms with Gasteiger partial charge >= 0.3 is 0 Å². The molecule has 190 valence electrons. The fraction of sp³-hybridized carbons (Fsp3) is 1.00. The van der Waals surface area contributed by atoms with Crippen LogP contribution in [0, 0.1) is 34.0 Å². The van der Waals surface area contributed by atoms with Gasteiger partial charge in [-0.1, -0.05) is 83.1 Å². The molecule has 2 rings (SSSR count). The van der Waals surface area contributed by atoms with Gasteiger partial charge in [0.2, 0.25) is 0 Å². The van der Waals surface area contributed by atoms with Crippen molar-refractivity contribution in [2.45, 2.75) is 151 Å². The van der Waals surface area contributed by atoms with Crippen LogP contribution in [0.3, 0.4) is 0 Å². The second-order valence-electron chi connectivity index (χ2n) is 15.8. The molecule has 0 aliphatic carbocycles. The molecule has 2 heterocycles. The van der Waals surface area contributed by atoms with Crippen LogP contribution in [0.25, 0.3) is 0 Å². The lowest BCUT2D eigenvalue weighted by Crippen LogP contribution is -2.53. The van der Waals surface area contributed by atoms with Crippen molar-refractivity contribution in [2.75, 3.05) is 6.54 Å². The minimum atomic E-state index is 0.217. The Morgan fingerprint density at radius 3 is 1.59 bits per heavy atom. The zero-order chi connectivity index (χ0) is 25.1. The van der Waals surface area contributed by atoms with Crippen molar-refractivity contribution < 1.29 is 0 Å². The summed E-state index contributed by atoms with van der Waals surface area (Å²) < 4.78 is 0.578. The molecule has 2 heteroatoms. The molecule has 0 N–H and O–H groups in total. The molecule has 0 radical (unpaired) electrons. The lowest BCUT2D eigenvalue weighted by Gasteiger charge is -2.57. The Hall–Kier alpha value is 0.310. The summed E-state index contributed by atoms with van der Waals surface area (Å²) >= 11 is 2.26. The Morgan fingerprint density at radius 1 is 0.688 bits per heavy atom. The average molecular weight is 466 g/mol. The van der Waals surface area contributed by atoms with Crippen LogP contribution in [0.1, 0.15) is 130 Å². The Bertz CT molecular complexity index is 654. The number of rotatable bonds is 1. The Kier molecular flexibility index (Phi) is 7.81. The molecule has 0 bridgehead atoms. The topological polar surface area (TPSA) is 3.24 Å². The monoisotopic (exact) mass is 465 g/mol. The van der Waals surface area contributed by atoms with Gasteiger partial charge in [-0.15, -0.1) is 11.8 Å². The zero-order valence-electron chi connectivity index (χ0n) is 24.7. The molecule has 0 amide bonds. The van der Waals surface area contributed by atoms with Crippen molar-refractivity contribution in [2.24, 2.45) is 34.0 Å². The van der Waals surface area contributed by atoms with E-state index < -0.39 is 0 Å². The first-order valence-corrected chi connectivity index (χ1v) is 14.4. The quantitative estimate of drug-likeness (QED) is 0.379. The molecular formula is C30H59NS. The van der Waals surface area contributed by atoms with E-state index in [0.717, 1.165) is 12.5 Å². The highest BCUT2D eigenvalue weighted by Gasteiger charge is 2.57. The van der Waals surface area contributed by atoms with E-state index in [0.29, 0.717) is 28.0 Å². The predicted octanol–water partition coefficient (Wildman–Crippen LogP) is 9.30. The van der Waals surface area contributed by atoms with Crippen LogP contribution in [0.4, 0.5) is 0 Å². The van der Waals surface area contributed by atoms with Crippen molar-refractivity contribution >= 4 is 11.8 Å². The van der Waals surface area contributed by atoms with Gasteiger partial charge in [-0.2, -0.15) is 0 Å². The highest BCUT2D eigenvalue weighted by Crippen LogP contribution is 2.63. The van der Waals surface area contributed by atoms with E-state index in [1.807, 2.05) is 0 Å². The zero-order valence-corrected chi connectivity index (χ0v) is 25.5. The van der Waals surface area contributed by atoms with E-state index >= 15 is 0 Å². The summed E-state index contributed by atoms with van der Waals surface area (Å²) in [5, 5.41) is 0. The molecule has 4 atom stereocenters. The predicted molar refractivity (Wildman–Crippen MR) is 148 cm³/mol. The number of thioether (sulfide) groups is 1. The van der Waals surface area contributed by atoms with Gasteiger partial charge in [0.25, 0.3) is 0 Å². The third-order valence-corrected chi connectivity index (χ3v) is 10.5. The number of hydrogen-bond donors (Lipinski definition) is 0. The van der Waals surface area contributed by atoms with E-state index in [4.69, 9.17) is 0 Å². The number of nitrogens with zero attached hydrogens (tertiary/aromatic N) is 1. The fourth-order valence-electron chi connectivity index (χ4n) is 10.3. The molecule has 2 fully saturated rings. The summed E-state index contributed by atoms with van der Waals surface area (Å²) in [5.74, 6) is 2.13. The third-order valence-electron chi connectivity index (χ3n) is 9.13. The van der Waals surface area contributed by atoms with Crippen molar-refractivity contribution in [1.82, 2.24) is 4.90 Å². The van der Waals surface area contributed by atoms with Gasteiger partial charge in [-0.3, -0.25) is 4.90 Å². The van der Waals surface area contributed by atoms with Crippen LogP contribution >= 0.6 is 11.8 Å². The average Bonchev–Trinajstić information content (AvgIpc) is 2.48. The summed E-state index contributed by atoms with van der Waals surface area (Å²) in [7, 11) is 0. The maximum Gasteiger partial charge on any atom is 0.0161 e. The molecular weight excluding hydrogens is 406 g/mol. The fourth-order valence-corrected chi connectivity index (χ4v) is 12.7. The first kappa shape index (κ1) is 28.5. The summed E-state index contributed by atoms with van der Waals surface area (Å²) in [4.78, 5) is 2.82. The maximum absolute atomic E-state index is 2.82. The largest absolute Gasteiger partial charge is 0.296 e. The highest BCUT2D eigenvalue weighted by molar-refractivity contribution is 8.01. The molecule has 1 nitrogen and oxygen atoms in total. The van der Waals surface area contributed by atoms with Gasteiger partial charge in [-0.05, 0) is 87.0 Å². The van der Waals surface area contributed by atoms with Gasteiger partial charge in [0.15, 0.2) is 0 Å². The second kappa shape index (κ2) is 8.76. The maximum atomic E-state index is 2.82. The minimum Gasteiger partial charge on any atom is -0.296 e. The molecule has 0 aromatic rings. The molecule has 0 spiro atoms. The number of hydrogen-bond acceptors (Lipinski definition) is 2.